The van der Waals surface area contributed by atoms with E-state index >= 15 is 0 Å². The molecule has 0 spiro atoms. The van der Waals surface area contributed by atoms with Crippen LogP contribution in [0, 0.1) is 5.92 Å². The summed E-state index contributed by atoms with van der Waals surface area (Å²) in [7, 11) is 0. The van der Waals surface area contributed by atoms with Crippen molar-refractivity contribution in [1.82, 2.24) is 0 Å². The minimum absolute atomic E-state index is 0.707. The Morgan fingerprint density at radius 2 is 1.80 bits per heavy atom. The van der Waals surface area contributed by atoms with Crippen LogP contribution in [0.4, 0.5) is 0 Å². The molecule has 0 aromatic rings. The van der Waals surface area contributed by atoms with Crippen molar-refractivity contribution in [2.75, 3.05) is 0 Å². The van der Waals surface area contributed by atoms with Gasteiger partial charge in [0.25, 0.3) is 0 Å². The van der Waals surface area contributed by atoms with Crippen LogP contribution in [0.1, 0.15) is 46.5 Å². The van der Waals surface area contributed by atoms with Gasteiger partial charge in [-0.05, 0) is 18.8 Å². The van der Waals surface area contributed by atoms with E-state index in [9.17, 15) is 0 Å². The fourth-order valence-corrected chi connectivity index (χ4v) is 1.94. The lowest BCUT2D eigenvalue weighted by Crippen LogP contribution is -2.12. The van der Waals surface area contributed by atoms with Gasteiger partial charge in [-0.1, -0.05) is 33.6 Å². The smallest absolute Gasteiger partial charge is 0.00193 e. The summed E-state index contributed by atoms with van der Waals surface area (Å²) < 4.78 is 0. The van der Waals surface area contributed by atoms with Gasteiger partial charge in [-0.25, -0.2) is 0 Å². The maximum atomic E-state index is 4.42. The summed E-state index contributed by atoms with van der Waals surface area (Å²) in [5, 5.41) is 0.707. The maximum absolute atomic E-state index is 4.42. The van der Waals surface area contributed by atoms with E-state index < -0.39 is 0 Å². The lowest BCUT2D eigenvalue weighted by atomic mass is 9.91. The Morgan fingerprint density at radius 1 is 1.20 bits per heavy atom. The van der Waals surface area contributed by atoms with Crippen molar-refractivity contribution < 1.29 is 0 Å². The van der Waals surface area contributed by atoms with Gasteiger partial charge in [0.05, 0.1) is 0 Å². The lowest BCUT2D eigenvalue weighted by molar-refractivity contribution is 0.395. The van der Waals surface area contributed by atoms with E-state index in [-0.39, 0.29) is 0 Å². The van der Waals surface area contributed by atoms with Crippen LogP contribution in [-0.2, 0) is 0 Å². The molecule has 0 N–H and O–H groups in total. The average Bonchev–Trinajstić information content (AvgIpc) is 1.91. The first-order valence-electron chi connectivity index (χ1n) is 4.47. The van der Waals surface area contributed by atoms with Gasteiger partial charge in [-0.3, -0.25) is 0 Å². The highest BCUT2D eigenvalue weighted by molar-refractivity contribution is 7.80. The second kappa shape index (κ2) is 6.09. The van der Waals surface area contributed by atoms with Crippen molar-refractivity contribution >= 4 is 12.6 Å². The maximum Gasteiger partial charge on any atom is 0.00193 e. The highest BCUT2D eigenvalue weighted by Crippen LogP contribution is 2.26. The summed E-state index contributed by atoms with van der Waals surface area (Å²) in [4.78, 5) is 0. The molecule has 1 heteroatoms. The van der Waals surface area contributed by atoms with Crippen molar-refractivity contribution in [2.45, 2.75) is 51.7 Å². The van der Waals surface area contributed by atoms with Gasteiger partial charge in [0.2, 0.25) is 0 Å². The first-order valence-corrected chi connectivity index (χ1v) is 4.98. The van der Waals surface area contributed by atoms with E-state index in [0.717, 1.165) is 5.92 Å². The summed E-state index contributed by atoms with van der Waals surface area (Å²) in [5.41, 5.74) is 0. The largest absolute Gasteiger partial charge is 0.176 e. The Hall–Kier alpha value is 0.350. The quantitative estimate of drug-likeness (QED) is 0.515. The molecular formula is C9H20S. The Bertz CT molecular complexity index is 63.1. The average molecular weight is 160 g/mol. The van der Waals surface area contributed by atoms with Gasteiger partial charge in [-0.15, -0.1) is 0 Å². The van der Waals surface area contributed by atoms with Crippen LogP contribution in [0.3, 0.4) is 0 Å². The van der Waals surface area contributed by atoms with Crippen molar-refractivity contribution in [3.8, 4) is 0 Å². The zero-order valence-electron chi connectivity index (χ0n) is 7.43. The molecule has 2 unspecified atom stereocenters. The molecule has 0 aromatic heterocycles. The number of thiol groups is 1. The van der Waals surface area contributed by atoms with Crippen LogP contribution < -0.4 is 0 Å². The Kier molecular flexibility index (Phi) is 6.30. The second-order valence-corrected chi connectivity index (χ2v) is 3.66. The molecule has 0 aromatic carbocycles. The number of hydrogen-bond donors (Lipinski definition) is 1. The zero-order valence-corrected chi connectivity index (χ0v) is 8.32. The summed E-state index contributed by atoms with van der Waals surface area (Å²) in [6.07, 6.45) is 5.50. The SMILES string of the molecule is CC.CC1CCCC(S)C1. The normalized spacial score (nSPS) is 32.4. The third-order valence-corrected chi connectivity index (χ3v) is 2.38. The minimum Gasteiger partial charge on any atom is -0.176 e. The van der Waals surface area contributed by atoms with Crippen molar-refractivity contribution in [3.63, 3.8) is 0 Å². The molecule has 0 aliphatic heterocycles. The molecule has 0 bridgehead atoms. The topological polar surface area (TPSA) is 0 Å². The zero-order chi connectivity index (χ0) is 7.98. The van der Waals surface area contributed by atoms with E-state index in [0.29, 0.717) is 5.25 Å². The third-order valence-electron chi connectivity index (χ3n) is 1.91. The molecule has 62 valence electrons. The fourth-order valence-electron chi connectivity index (χ4n) is 1.40. The van der Waals surface area contributed by atoms with E-state index in [2.05, 4.69) is 19.6 Å². The molecule has 0 heterocycles. The molecule has 0 saturated heterocycles. The van der Waals surface area contributed by atoms with Gasteiger partial charge >= 0.3 is 0 Å². The molecule has 1 aliphatic rings. The van der Waals surface area contributed by atoms with E-state index in [1.54, 1.807) is 0 Å². The minimum atomic E-state index is 0.707. The molecule has 1 fully saturated rings. The van der Waals surface area contributed by atoms with Gasteiger partial charge in [-0.2, -0.15) is 12.6 Å². The van der Waals surface area contributed by atoms with Crippen LogP contribution in [0.2, 0.25) is 0 Å². The molecular weight excluding hydrogens is 140 g/mol. The third kappa shape index (κ3) is 4.21. The predicted octanol–water partition coefficient (Wildman–Crippen LogP) is 3.52. The predicted molar refractivity (Wildman–Crippen MR) is 51.8 cm³/mol. The van der Waals surface area contributed by atoms with Crippen molar-refractivity contribution in [2.24, 2.45) is 5.92 Å². The monoisotopic (exact) mass is 160 g/mol. The Morgan fingerprint density at radius 3 is 2.10 bits per heavy atom. The van der Waals surface area contributed by atoms with Gasteiger partial charge in [0.1, 0.15) is 0 Å². The van der Waals surface area contributed by atoms with Crippen molar-refractivity contribution in [3.05, 3.63) is 0 Å². The highest BCUT2D eigenvalue weighted by Gasteiger charge is 2.14. The van der Waals surface area contributed by atoms with E-state index in [1.165, 1.54) is 25.7 Å². The number of rotatable bonds is 0. The van der Waals surface area contributed by atoms with Crippen LogP contribution in [-0.4, -0.2) is 5.25 Å². The molecule has 0 nitrogen and oxygen atoms in total. The lowest BCUT2D eigenvalue weighted by Gasteiger charge is -2.22. The summed E-state index contributed by atoms with van der Waals surface area (Å²) >= 11 is 4.42. The summed E-state index contributed by atoms with van der Waals surface area (Å²) in [5.74, 6) is 0.936. The summed E-state index contributed by atoms with van der Waals surface area (Å²) in [6, 6.07) is 0. The molecule has 0 radical (unpaired) electrons. The Labute approximate surface area is 70.8 Å². The first kappa shape index (κ1) is 10.3. The van der Waals surface area contributed by atoms with Crippen LogP contribution in [0.25, 0.3) is 0 Å². The van der Waals surface area contributed by atoms with Crippen LogP contribution in [0.5, 0.6) is 0 Å². The highest BCUT2D eigenvalue weighted by atomic mass is 32.1. The molecule has 1 aliphatic carbocycles. The molecule has 10 heavy (non-hydrogen) atoms. The fraction of sp³-hybridized carbons (Fsp3) is 1.00. The summed E-state index contributed by atoms with van der Waals surface area (Å²) in [6.45, 7) is 6.32. The second-order valence-electron chi connectivity index (χ2n) is 2.93. The van der Waals surface area contributed by atoms with E-state index in [1.807, 2.05) is 13.8 Å². The van der Waals surface area contributed by atoms with Crippen LogP contribution >= 0.6 is 12.6 Å². The van der Waals surface area contributed by atoms with Gasteiger partial charge in [0, 0.05) is 5.25 Å². The number of hydrogen-bond acceptors (Lipinski definition) is 1. The van der Waals surface area contributed by atoms with Crippen molar-refractivity contribution in [1.29, 1.82) is 0 Å². The standard InChI is InChI=1S/C7H14S.C2H6/c1-6-3-2-4-7(8)5-6;1-2/h6-8H,2-5H2,1H3;1-2H3. The molecule has 0 amide bonds. The Balaban J connectivity index is 0.000000371. The van der Waals surface area contributed by atoms with Gasteiger partial charge in [0.15, 0.2) is 0 Å². The molecule has 1 rings (SSSR count). The van der Waals surface area contributed by atoms with Gasteiger partial charge < -0.3 is 0 Å². The first-order chi connectivity index (χ1) is 4.79. The van der Waals surface area contributed by atoms with Crippen LogP contribution in [0.15, 0.2) is 0 Å². The molecule has 1 saturated carbocycles. The molecule has 2 atom stereocenters. The van der Waals surface area contributed by atoms with E-state index in [4.69, 9.17) is 0 Å².